The van der Waals surface area contributed by atoms with Crippen molar-refractivity contribution in [3.8, 4) is 11.4 Å². The Hall–Kier alpha value is -2.43. The highest BCUT2D eigenvalue weighted by Gasteiger charge is 2.10. The molecule has 2 aromatic heterocycles. The summed E-state index contributed by atoms with van der Waals surface area (Å²) in [5, 5.41) is 4.89. The molecular formula is C12H9N3O2. The van der Waals surface area contributed by atoms with Crippen LogP contribution in [0.4, 0.5) is 0 Å². The van der Waals surface area contributed by atoms with Gasteiger partial charge in [-0.2, -0.15) is 5.10 Å². The molecule has 0 amide bonds. The van der Waals surface area contributed by atoms with Gasteiger partial charge in [-0.15, -0.1) is 0 Å². The Morgan fingerprint density at radius 1 is 1.41 bits per heavy atom. The van der Waals surface area contributed by atoms with Crippen molar-refractivity contribution < 1.29 is 9.21 Å². The second kappa shape index (κ2) is 3.55. The summed E-state index contributed by atoms with van der Waals surface area (Å²) in [7, 11) is 1.81. The van der Waals surface area contributed by atoms with Gasteiger partial charge < -0.3 is 4.42 Å². The maximum absolute atomic E-state index is 11.0. The summed E-state index contributed by atoms with van der Waals surface area (Å²) in [6.07, 6.45) is 3.83. The molecule has 5 heteroatoms. The van der Waals surface area contributed by atoms with Crippen LogP contribution < -0.4 is 0 Å². The summed E-state index contributed by atoms with van der Waals surface area (Å²) < 4.78 is 6.93. The van der Waals surface area contributed by atoms with Crippen molar-refractivity contribution in [3.63, 3.8) is 0 Å². The topological polar surface area (TPSA) is 60.9 Å². The van der Waals surface area contributed by atoms with Crippen LogP contribution in [0.25, 0.3) is 22.4 Å². The van der Waals surface area contributed by atoms with Crippen molar-refractivity contribution in [2.45, 2.75) is 0 Å². The van der Waals surface area contributed by atoms with Gasteiger partial charge >= 0.3 is 0 Å². The number of aryl methyl sites for hydroxylation is 1. The normalized spacial score (nSPS) is 10.9. The van der Waals surface area contributed by atoms with Gasteiger partial charge in [0.15, 0.2) is 12.1 Å². The number of furan rings is 1. The SMILES string of the molecule is Cn1ncnc1-c1cc(C=O)c2occc2c1. The number of hydrogen-bond acceptors (Lipinski definition) is 4. The van der Waals surface area contributed by atoms with Crippen molar-refractivity contribution in [2.75, 3.05) is 0 Å². The van der Waals surface area contributed by atoms with Crippen LogP contribution in [0, 0.1) is 0 Å². The van der Waals surface area contributed by atoms with Crippen molar-refractivity contribution in [1.29, 1.82) is 0 Å². The lowest BCUT2D eigenvalue weighted by Crippen LogP contribution is -1.95. The minimum atomic E-state index is 0.519. The number of aldehydes is 1. The van der Waals surface area contributed by atoms with E-state index in [1.807, 2.05) is 19.2 Å². The third-order valence-electron chi connectivity index (χ3n) is 2.68. The highest BCUT2D eigenvalue weighted by molar-refractivity contribution is 5.97. The minimum absolute atomic E-state index is 0.519. The Morgan fingerprint density at radius 3 is 3.00 bits per heavy atom. The molecular weight excluding hydrogens is 218 g/mol. The zero-order chi connectivity index (χ0) is 11.8. The lowest BCUT2D eigenvalue weighted by atomic mass is 10.1. The average Bonchev–Trinajstić information content (AvgIpc) is 2.95. The fourth-order valence-corrected chi connectivity index (χ4v) is 1.88. The molecule has 0 bridgehead atoms. The van der Waals surface area contributed by atoms with E-state index in [2.05, 4.69) is 10.1 Å². The lowest BCUT2D eigenvalue weighted by Gasteiger charge is -2.02. The molecule has 3 rings (SSSR count). The summed E-state index contributed by atoms with van der Waals surface area (Å²) in [6.45, 7) is 0. The van der Waals surface area contributed by atoms with E-state index >= 15 is 0 Å². The number of carbonyl (C=O) groups excluding carboxylic acids is 1. The number of hydrogen-bond donors (Lipinski definition) is 0. The van der Waals surface area contributed by atoms with E-state index in [4.69, 9.17) is 4.42 Å². The number of nitrogens with zero attached hydrogens (tertiary/aromatic N) is 3. The maximum Gasteiger partial charge on any atom is 0.157 e. The lowest BCUT2D eigenvalue weighted by molar-refractivity contribution is 0.112. The smallest absolute Gasteiger partial charge is 0.157 e. The van der Waals surface area contributed by atoms with E-state index < -0.39 is 0 Å². The summed E-state index contributed by atoms with van der Waals surface area (Å²) in [6, 6.07) is 5.50. The molecule has 3 aromatic rings. The van der Waals surface area contributed by atoms with Gasteiger partial charge in [0.2, 0.25) is 0 Å². The first-order chi connectivity index (χ1) is 8.29. The van der Waals surface area contributed by atoms with Gasteiger partial charge in [0.1, 0.15) is 11.9 Å². The third-order valence-corrected chi connectivity index (χ3v) is 2.68. The molecule has 0 atom stereocenters. The summed E-state index contributed by atoms with van der Waals surface area (Å²) in [5.41, 5.74) is 1.97. The summed E-state index contributed by atoms with van der Waals surface area (Å²) >= 11 is 0. The van der Waals surface area contributed by atoms with E-state index in [-0.39, 0.29) is 0 Å². The van der Waals surface area contributed by atoms with Crippen LogP contribution in [-0.4, -0.2) is 21.1 Å². The number of carbonyl (C=O) groups is 1. The second-order valence-electron chi connectivity index (χ2n) is 3.73. The summed E-state index contributed by atoms with van der Waals surface area (Å²) in [5.74, 6) is 0.719. The molecule has 0 aliphatic heterocycles. The first-order valence-corrected chi connectivity index (χ1v) is 5.10. The highest BCUT2D eigenvalue weighted by atomic mass is 16.3. The molecule has 0 N–H and O–H groups in total. The number of rotatable bonds is 2. The molecule has 1 aromatic carbocycles. The standard InChI is InChI=1S/C12H9N3O2/c1-15-12(13-7-14-15)9-4-8-2-3-17-11(8)10(5-9)6-16/h2-7H,1H3. The van der Waals surface area contributed by atoms with Gasteiger partial charge in [0.25, 0.3) is 0 Å². The number of aromatic nitrogens is 3. The molecule has 17 heavy (non-hydrogen) atoms. The van der Waals surface area contributed by atoms with Gasteiger partial charge in [-0.05, 0) is 18.2 Å². The highest BCUT2D eigenvalue weighted by Crippen LogP contribution is 2.26. The zero-order valence-corrected chi connectivity index (χ0v) is 9.12. The molecule has 0 spiro atoms. The van der Waals surface area contributed by atoms with E-state index in [1.54, 1.807) is 17.0 Å². The first kappa shape index (κ1) is 9.77. The van der Waals surface area contributed by atoms with Gasteiger partial charge in [0.05, 0.1) is 11.8 Å². The Kier molecular flexibility index (Phi) is 2.04. The number of benzene rings is 1. The minimum Gasteiger partial charge on any atom is -0.464 e. The average molecular weight is 227 g/mol. The maximum atomic E-state index is 11.0. The largest absolute Gasteiger partial charge is 0.464 e. The van der Waals surface area contributed by atoms with Crippen LogP contribution in [0.2, 0.25) is 0 Å². The molecule has 0 unspecified atom stereocenters. The molecule has 0 saturated carbocycles. The van der Waals surface area contributed by atoms with Crippen LogP contribution >= 0.6 is 0 Å². The van der Waals surface area contributed by atoms with E-state index in [1.165, 1.54) is 6.33 Å². The van der Waals surface area contributed by atoms with Crippen molar-refractivity contribution in [3.05, 3.63) is 36.4 Å². The van der Waals surface area contributed by atoms with Crippen molar-refractivity contribution in [1.82, 2.24) is 14.8 Å². The monoisotopic (exact) mass is 227 g/mol. The van der Waals surface area contributed by atoms with Gasteiger partial charge in [-0.1, -0.05) is 0 Å². The molecule has 2 heterocycles. The van der Waals surface area contributed by atoms with E-state index in [0.29, 0.717) is 11.1 Å². The van der Waals surface area contributed by atoms with Gasteiger partial charge in [-0.25, -0.2) is 9.67 Å². The van der Waals surface area contributed by atoms with Crippen LogP contribution in [0.5, 0.6) is 0 Å². The Labute approximate surface area is 96.7 Å². The Bertz CT molecular complexity index is 697. The molecule has 0 saturated heterocycles. The quantitative estimate of drug-likeness (QED) is 0.628. The number of fused-ring (bicyclic) bond motifs is 1. The molecule has 0 fully saturated rings. The van der Waals surface area contributed by atoms with Crippen LogP contribution in [0.15, 0.2) is 35.2 Å². The Balaban J connectivity index is 2.31. The molecule has 0 aliphatic rings. The second-order valence-corrected chi connectivity index (χ2v) is 3.73. The predicted molar refractivity (Wildman–Crippen MR) is 61.6 cm³/mol. The van der Waals surface area contributed by atoms with E-state index in [9.17, 15) is 4.79 Å². The molecule has 0 radical (unpaired) electrons. The van der Waals surface area contributed by atoms with Crippen molar-refractivity contribution >= 4 is 17.3 Å². The third kappa shape index (κ3) is 1.44. The van der Waals surface area contributed by atoms with Gasteiger partial charge in [-0.3, -0.25) is 4.79 Å². The van der Waals surface area contributed by atoms with Gasteiger partial charge in [0, 0.05) is 18.0 Å². The molecule has 5 nitrogen and oxygen atoms in total. The van der Waals surface area contributed by atoms with Crippen LogP contribution in [0.1, 0.15) is 10.4 Å². The fourth-order valence-electron chi connectivity index (χ4n) is 1.88. The predicted octanol–water partition coefficient (Wildman–Crippen LogP) is 2.04. The Morgan fingerprint density at radius 2 is 2.29 bits per heavy atom. The molecule has 0 aliphatic carbocycles. The van der Waals surface area contributed by atoms with Crippen LogP contribution in [-0.2, 0) is 7.05 Å². The summed E-state index contributed by atoms with van der Waals surface area (Å²) in [4.78, 5) is 15.2. The zero-order valence-electron chi connectivity index (χ0n) is 9.12. The first-order valence-electron chi connectivity index (χ1n) is 5.10. The fraction of sp³-hybridized carbons (Fsp3) is 0.0833. The van der Waals surface area contributed by atoms with Crippen molar-refractivity contribution in [2.24, 2.45) is 7.05 Å². The van der Waals surface area contributed by atoms with E-state index in [0.717, 1.165) is 23.1 Å². The molecule has 84 valence electrons. The van der Waals surface area contributed by atoms with Crippen LogP contribution in [0.3, 0.4) is 0 Å².